The minimum atomic E-state index is -0.789. The van der Waals surface area contributed by atoms with E-state index in [1.54, 1.807) is 30.3 Å². The minimum Gasteiger partial charge on any atom is -0.493 e. The molecule has 0 saturated heterocycles. The summed E-state index contributed by atoms with van der Waals surface area (Å²) in [6.45, 7) is 2.32. The Hall–Kier alpha value is -4.13. The first kappa shape index (κ1) is 20.8. The van der Waals surface area contributed by atoms with Gasteiger partial charge in [-0.25, -0.2) is 4.39 Å². The molecule has 1 aliphatic rings. The molecule has 1 amide bonds. The SMILES string of the molecule is CCOc1ccc(C2c3c(oc4ccc(F)cc4c3=O)C(=O)N2c2ccccc2)cc1OC. The molecule has 0 bridgehead atoms. The number of carbonyl (C=O) groups excluding carboxylic acids is 1. The molecular weight excluding hydrogens is 425 g/mol. The van der Waals surface area contributed by atoms with Crippen molar-refractivity contribution in [3.63, 3.8) is 0 Å². The zero-order valence-corrected chi connectivity index (χ0v) is 18.0. The Morgan fingerprint density at radius 1 is 1.00 bits per heavy atom. The van der Waals surface area contributed by atoms with E-state index >= 15 is 0 Å². The average Bonchev–Trinajstić information content (AvgIpc) is 3.13. The van der Waals surface area contributed by atoms with Gasteiger partial charge >= 0.3 is 0 Å². The summed E-state index contributed by atoms with van der Waals surface area (Å²) >= 11 is 0. The molecule has 6 nitrogen and oxygen atoms in total. The summed E-state index contributed by atoms with van der Waals surface area (Å²) < 4.78 is 30.9. The van der Waals surface area contributed by atoms with Crippen LogP contribution in [0.4, 0.5) is 10.1 Å². The van der Waals surface area contributed by atoms with E-state index in [1.807, 2.05) is 25.1 Å². The van der Waals surface area contributed by atoms with Gasteiger partial charge in [-0.15, -0.1) is 0 Å². The number of ether oxygens (including phenoxy) is 2. The Morgan fingerprint density at radius 2 is 1.79 bits per heavy atom. The average molecular weight is 445 g/mol. The Bertz CT molecular complexity index is 1430. The maximum Gasteiger partial charge on any atom is 0.295 e. The molecule has 166 valence electrons. The molecule has 3 aromatic carbocycles. The Labute approximate surface area is 188 Å². The lowest BCUT2D eigenvalue weighted by atomic mass is 9.97. The molecule has 0 fully saturated rings. The van der Waals surface area contributed by atoms with E-state index in [-0.39, 0.29) is 22.3 Å². The maximum absolute atomic E-state index is 13.9. The third-order valence-electron chi connectivity index (χ3n) is 5.67. The number of amides is 1. The number of benzene rings is 3. The number of anilines is 1. The Balaban J connectivity index is 1.79. The van der Waals surface area contributed by atoms with Gasteiger partial charge in [-0.1, -0.05) is 24.3 Å². The quantitative estimate of drug-likeness (QED) is 0.428. The standard InChI is InChI=1S/C26H20FNO5/c1-3-32-20-11-9-15(13-21(20)31-2)23-22-24(29)18-14-16(27)10-12-19(18)33-25(22)26(30)28(23)17-7-5-4-6-8-17/h4-14,23H,3H2,1-2H3. The number of methoxy groups -OCH3 is 1. The summed E-state index contributed by atoms with van der Waals surface area (Å²) in [7, 11) is 1.52. The van der Waals surface area contributed by atoms with Crippen LogP contribution in [0.5, 0.6) is 11.5 Å². The first-order valence-electron chi connectivity index (χ1n) is 10.5. The van der Waals surface area contributed by atoms with Gasteiger partial charge in [-0.2, -0.15) is 0 Å². The lowest BCUT2D eigenvalue weighted by molar-refractivity contribution is 0.0971. The largest absolute Gasteiger partial charge is 0.493 e. The van der Waals surface area contributed by atoms with Crippen LogP contribution in [0.25, 0.3) is 11.0 Å². The number of hydrogen-bond donors (Lipinski definition) is 0. The predicted octanol–water partition coefficient (Wildman–Crippen LogP) is 5.09. The summed E-state index contributed by atoms with van der Waals surface area (Å²) in [6, 6.07) is 17.2. The molecule has 0 spiro atoms. The second-order valence-electron chi connectivity index (χ2n) is 7.57. The molecule has 0 saturated carbocycles. The maximum atomic E-state index is 13.9. The van der Waals surface area contributed by atoms with E-state index in [1.165, 1.54) is 24.1 Å². The number of carbonyl (C=O) groups is 1. The molecule has 1 aliphatic heterocycles. The Morgan fingerprint density at radius 3 is 2.52 bits per heavy atom. The normalized spacial score (nSPS) is 15.1. The molecule has 7 heteroatoms. The van der Waals surface area contributed by atoms with E-state index in [0.717, 1.165) is 6.07 Å². The molecule has 1 unspecified atom stereocenters. The minimum absolute atomic E-state index is 0.0548. The topological polar surface area (TPSA) is 69.0 Å². The van der Waals surface area contributed by atoms with Gasteiger partial charge in [-0.3, -0.25) is 14.5 Å². The fourth-order valence-corrected chi connectivity index (χ4v) is 4.24. The van der Waals surface area contributed by atoms with Gasteiger partial charge in [0.25, 0.3) is 5.91 Å². The molecule has 33 heavy (non-hydrogen) atoms. The first-order valence-corrected chi connectivity index (χ1v) is 10.5. The van der Waals surface area contributed by atoms with E-state index < -0.39 is 23.2 Å². The van der Waals surface area contributed by atoms with Gasteiger partial charge in [0, 0.05) is 5.69 Å². The summed E-state index contributed by atoms with van der Waals surface area (Å²) in [5.74, 6) is -0.0388. The molecule has 1 aromatic heterocycles. The summed E-state index contributed by atoms with van der Waals surface area (Å²) in [4.78, 5) is 28.6. The second kappa shape index (κ2) is 8.09. The molecule has 0 aliphatic carbocycles. The van der Waals surface area contributed by atoms with Crippen molar-refractivity contribution >= 4 is 22.6 Å². The lowest BCUT2D eigenvalue weighted by Gasteiger charge is -2.25. The van der Waals surface area contributed by atoms with Gasteiger partial charge in [0.05, 0.1) is 30.7 Å². The molecule has 2 heterocycles. The summed E-state index contributed by atoms with van der Waals surface area (Å²) in [6.07, 6.45) is 0. The summed E-state index contributed by atoms with van der Waals surface area (Å²) in [5.41, 5.74) is 1.10. The van der Waals surface area contributed by atoms with E-state index in [4.69, 9.17) is 13.9 Å². The van der Waals surface area contributed by atoms with Crippen molar-refractivity contribution < 1.29 is 23.1 Å². The van der Waals surface area contributed by atoms with Gasteiger partial charge in [0.15, 0.2) is 16.9 Å². The third kappa shape index (κ3) is 3.33. The van der Waals surface area contributed by atoms with Crippen molar-refractivity contribution in [3.8, 4) is 11.5 Å². The number of hydrogen-bond acceptors (Lipinski definition) is 5. The first-order chi connectivity index (χ1) is 16.0. The predicted molar refractivity (Wildman–Crippen MR) is 122 cm³/mol. The van der Waals surface area contributed by atoms with Gasteiger partial charge in [-0.05, 0) is 55.0 Å². The fraction of sp³-hybridized carbons (Fsp3) is 0.154. The molecular formula is C26H20FNO5. The highest BCUT2D eigenvalue weighted by Gasteiger charge is 2.43. The van der Waals surface area contributed by atoms with Gasteiger partial charge < -0.3 is 13.9 Å². The third-order valence-corrected chi connectivity index (χ3v) is 5.67. The molecule has 0 radical (unpaired) electrons. The lowest BCUT2D eigenvalue weighted by Crippen LogP contribution is -2.29. The van der Waals surface area contributed by atoms with Gasteiger partial charge in [0.2, 0.25) is 5.76 Å². The number of para-hydroxylation sites is 1. The van der Waals surface area contributed by atoms with Crippen LogP contribution in [0.3, 0.4) is 0 Å². The molecule has 5 rings (SSSR count). The summed E-state index contributed by atoms with van der Waals surface area (Å²) in [5, 5.41) is 0.0827. The highest BCUT2D eigenvalue weighted by atomic mass is 19.1. The number of nitrogens with zero attached hydrogens (tertiary/aromatic N) is 1. The zero-order valence-electron chi connectivity index (χ0n) is 18.0. The smallest absolute Gasteiger partial charge is 0.295 e. The van der Waals surface area contributed by atoms with E-state index in [9.17, 15) is 14.0 Å². The number of rotatable bonds is 5. The van der Waals surface area contributed by atoms with Crippen LogP contribution in [0.1, 0.15) is 34.6 Å². The van der Waals surface area contributed by atoms with Crippen LogP contribution >= 0.6 is 0 Å². The van der Waals surface area contributed by atoms with E-state index in [0.29, 0.717) is 29.4 Å². The Kier molecular flexibility index (Phi) is 5.09. The van der Waals surface area contributed by atoms with Crippen molar-refractivity contribution in [2.45, 2.75) is 13.0 Å². The fourth-order valence-electron chi connectivity index (χ4n) is 4.24. The van der Waals surface area contributed by atoms with Crippen molar-refractivity contribution in [3.05, 3.63) is 99.7 Å². The molecule has 1 atom stereocenters. The van der Waals surface area contributed by atoms with Crippen molar-refractivity contribution in [1.82, 2.24) is 0 Å². The molecule has 4 aromatic rings. The van der Waals surface area contributed by atoms with Crippen LogP contribution in [-0.4, -0.2) is 19.6 Å². The number of halogens is 1. The van der Waals surface area contributed by atoms with Crippen LogP contribution < -0.4 is 19.8 Å². The van der Waals surface area contributed by atoms with Crippen molar-refractivity contribution in [2.75, 3.05) is 18.6 Å². The van der Waals surface area contributed by atoms with Crippen LogP contribution in [0, 0.1) is 5.82 Å². The molecule has 0 N–H and O–H groups in total. The highest BCUT2D eigenvalue weighted by Crippen LogP contribution is 2.43. The zero-order chi connectivity index (χ0) is 23.1. The highest BCUT2D eigenvalue weighted by molar-refractivity contribution is 6.10. The second-order valence-corrected chi connectivity index (χ2v) is 7.57. The van der Waals surface area contributed by atoms with Crippen LogP contribution in [0.15, 0.2) is 75.9 Å². The van der Waals surface area contributed by atoms with E-state index in [2.05, 4.69) is 0 Å². The van der Waals surface area contributed by atoms with Crippen molar-refractivity contribution in [2.24, 2.45) is 0 Å². The van der Waals surface area contributed by atoms with Crippen LogP contribution in [0.2, 0.25) is 0 Å². The number of fused-ring (bicyclic) bond motifs is 2. The monoisotopic (exact) mass is 445 g/mol. The van der Waals surface area contributed by atoms with Gasteiger partial charge in [0.1, 0.15) is 11.4 Å². The van der Waals surface area contributed by atoms with Crippen molar-refractivity contribution in [1.29, 1.82) is 0 Å². The van der Waals surface area contributed by atoms with Crippen LogP contribution in [-0.2, 0) is 0 Å².